The third kappa shape index (κ3) is 6.11. The van der Waals surface area contributed by atoms with E-state index in [-0.39, 0.29) is 17.9 Å². The van der Waals surface area contributed by atoms with Gasteiger partial charge in [0, 0.05) is 6.04 Å². The van der Waals surface area contributed by atoms with E-state index in [2.05, 4.69) is 13.8 Å². The summed E-state index contributed by atoms with van der Waals surface area (Å²) in [6.07, 6.45) is 4.62. The molecule has 0 aliphatic carbocycles. The van der Waals surface area contributed by atoms with Crippen molar-refractivity contribution in [3.8, 4) is 0 Å². The van der Waals surface area contributed by atoms with Crippen LogP contribution in [0, 0.1) is 11.8 Å². The average molecular weight is 229 g/mol. The van der Waals surface area contributed by atoms with E-state index in [0.717, 1.165) is 12.8 Å². The summed E-state index contributed by atoms with van der Waals surface area (Å²) in [6.45, 7) is 8.52. The van der Waals surface area contributed by atoms with Crippen molar-refractivity contribution in [1.82, 2.24) is 0 Å². The number of ether oxygens (including phenoxy) is 1. The minimum absolute atomic E-state index is 0.136. The number of rotatable bonds is 8. The van der Waals surface area contributed by atoms with E-state index >= 15 is 0 Å². The first-order valence-electron chi connectivity index (χ1n) is 6.45. The minimum Gasteiger partial charge on any atom is -0.465 e. The molecule has 3 nitrogen and oxygen atoms in total. The number of carbonyl (C=O) groups excluding carboxylic acids is 1. The van der Waals surface area contributed by atoms with Gasteiger partial charge in [-0.25, -0.2) is 0 Å². The molecule has 0 aliphatic heterocycles. The Bertz CT molecular complexity index is 192. The van der Waals surface area contributed by atoms with Gasteiger partial charge >= 0.3 is 5.97 Å². The van der Waals surface area contributed by atoms with Gasteiger partial charge in [-0.2, -0.15) is 0 Å². The highest BCUT2D eigenvalue weighted by molar-refractivity contribution is 5.72. The Hall–Kier alpha value is -0.570. The molecule has 16 heavy (non-hydrogen) atoms. The summed E-state index contributed by atoms with van der Waals surface area (Å²) in [7, 11) is 0. The van der Waals surface area contributed by atoms with E-state index in [0.29, 0.717) is 12.5 Å². The van der Waals surface area contributed by atoms with Crippen molar-refractivity contribution in [3.05, 3.63) is 0 Å². The molecule has 0 saturated carbocycles. The van der Waals surface area contributed by atoms with Gasteiger partial charge in [-0.3, -0.25) is 4.79 Å². The fraction of sp³-hybridized carbons (Fsp3) is 0.923. The zero-order valence-corrected chi connectivity index (χ0v) is 11.2. The van der Waals surface area contributed by atoms with Crippen LogP contribution in [0.3, 0.4) is 0 Å². The summed E-state index contributed by atoms with van der Waals surface area (Å²) >= 11 is 0. The lowest BCUT2D eigenvalue weighted by Crippen LogP contribution is -2.32. The number of nitrogens with two attached hydrogens (primary N) is 1. The number of carbonyl (C=O) groups is 1. The topological polar surface area (TPSA) is 52.3 Å². The Morgan fingerprint density at radius 1 is 1.31 bits per heavy atom. The maximum atomic E-state index is 11.6. The Morgan fingerprint density at radius 3 is 2.38 bits per heavy atom. The van der Waals surface area contributed by atoms with Crippen LogP contribution in [0.4, 0.5) is 0 Å². The van der Waals surface area contributed by atoms with Crippen LogP contribution in [-0.4, -0.2) is 18.6 Å². The molecule has 3 heteroatoms. The summed E-state index contributed by atoms with van der Waals surface area (Å²) in [4.78, 5) is 11.6. The fourth-order valence-corrected chi connectivity index (χ4v) is 1.44. The molecule has 0 rings (SSSR count). The molecular weight excluding hydrogens is 202 g/mol. The molecule has 2 N–H and O–H groups in total. The Labute approximate surface area is 99.7 Å². The molecule has 0 spiro atoms. The van der Waals surface area contributed by atoms with Crippen LogP contribution in [-0.2, 0) is 9.53 Å². The second-order valence-corrected chi connectivity index (χ2v) is 4.69. The van der Waals surface area contributed by atoms with E-state index in [4.69, 9.17) is 10.5 Å². The van der Waals surface area contributed by atoms with Crippen LogP contribution in [0.25, 0.3) is 0 Å². The highest BCUT2D eigenvalue weighted by atomic mass is 16.5. The molecule has 0 aliphatic rings. The molecule has 0 heterocycles. The van der Waals surface area contributed by atoms with Crippen molar-refractivity contribution < 1.29 is 9.53 Å². The van der Waals surface area contributed by atoms with Gasteiger partial charge in [-0.05, 0) is 19.3 Å². The van der Waals surface area contributed by atoms with Crippen LogP contribution >= 0.6 is 0 Å². The van der Waals surface area contributed by atoms with Crippen molar-refractivity contribution in [2.45, 2.75) is 59.4 Å². The second kappa shape index (κ2) is 8.57. The van der Waals surface area contributed by atoms with E-state index in [1.54, 1.807) is 0 Å². The highest BCUT2D eigenvalue weighted by Crippen LogP contribution is 2.14. The second-order valence-electron chi connectivity index (χ2n) is 4.69. The van der Waals surface area contributed by atoms with Crippen LogP contribution in [0.2, 0.25) is 0 Å². The predicted molar refractivity (Wildman–Crippen MR) is 67.1 cm³/mol. The van der Waals surface area contributed by atoms with E-state index in [1.165, 1.54) is 12.8 Å². The molecule has 0 aromatic heterocycles. The number of hydrogen-bond acceptors (Lipinski definition) is 3. The molecule has 0 bridgehead atoms. The molecule has 0 radical (unpaired) electrons. The molecule has 3 unspecified atom stereocenters. The average Bonchev–Trinajstić information content (AvgIpc) is 2.27. The van der Waals surface area contributed by atoms with E-state index in [9.17, 15) is 4.79 Å². The first-order chi connectivity index (χ1) is 7.52. The molecule has 0 aromatic rings. The molecule has 0 amide bonds. The van der Waals surface area contributed by atoms with Crippen molar-refractivity contribution in [3.63, 3.8) is 0 Å². The first kappa shape index (κ1) is 15.4. The molecule has 0 fully saturated rings. The standard InChI is InChI=1S/C13H27NO2/c1-5-7-8-12(6-2)9-16-13(15)10(3)11(4)14/h10-12H,5-9,14H2,1-4H3. The lowest BCUT2D eigenvalue weighted by atomic mass is 10.0. The molecule has 0 aromatic carbocycles. The predicted octanol–water partition coefficient (Wildman–Crippen LogP) is 2.73. The summed E-state index contributed by atoms with van der Waals surface area (Å²) < 4.78 is 5.30. The zero-order valence-electron chi connectivity index (χ0n) is 11.2. The SMILES string of the molecule is CCCCC(CC)COC(=O)C(C)C(C)N. The number of hydrogen-bond donors (Lipinski definition) is 1. The van der Waals surface area contributed by atoms with Gasteiger partial charge in [-0.1, -0.05) is 40.0 Å². The molecule has 3 atom stereocenters. The molecule has 0 saturated heterocycles. The third-order valence-corrected chi connectivity index (χ3v) is 3.17. The molecule has 96 valence electrons. The smallest absolute Gasteiger partial charge is 0.310 e. The number of unbranched alkanes of at least 4 members (excludes halogenated alkanes) is 1. The lowest BCUT2D eigenvalue weighted by Gasteiger charge is -2.18. The molecular formula is C13H27NO2. The van der Waals surface area contributed by atoms with Crippen LogP contribution < -0.4 is 5.73 Å². The quantitative estimate of drug-likeness (QED) is 0.651. The van der Waals surface area contributed by atoms with E-state index < -0.39 is 0 Å². The Kier molecular flexibility index (Phi) is 8.26. The minimum atomic E-state index is -0.205. The summed E-state index contributed by atoms with van der Waals surface area (Å²) in [5.74, 6) is 0.137. The zero-order chi connectivity index (χ0) is 12.6. The van der Waals surface area contributed by atoms with Gasteiger partial charge in [-0.15, -0.1) is 0 Å². The third-order valence-electron chi connectivity index (χ3n) is 3.17. The normalized spacial score (nSPS) is 16.6. The van der Waals surface area contributed by atoms with Gasteiger partial charge in [0.1, 0.15) is 0 Å². The van der Waals surface area contributed by atoms with Crippen molar-refractivity contribution in [1.29, 1.82) is 0 Å². The van der Waals surface area contributed by atoms with Gasteiger partial charge in [0.15, 0.2) is 0 Å². The number of esters is 1. The van der Waals surface area contributed by atoms with E-state index in [1.807, 2.05) is 13.8 Å². The van der Waals surface area contributed by atoms with Gasteiger partial charge < -0.3 is 10.5 Å². The maximum Gasteiger partial charge on any atom is 0.310 e. The Morgan fingerprint density at radius 2 is 1.94 bits per heavy atom. The summed E-state index contributed by atoms with van der Waals surface area (Å²) in [6, 6.07) is -0.136. The lowest BCUT2D eigenvalue weighted by molar-refractivity contribution is -0.150. The Balaban J connectivity index is 3.87. The highest BCUT2D eigenvalue weighted by Gasteiger charge is 2.19. The largest absolute Gasteiger partial charge is 0.465 e. The van der Waals surface area contributed by atoms with Crippen molar-refractivity contribution in [2.75, 3.05) is 6.61 Å². The van der Waals surface area contributed by atoms with Crippen molar-refractivity contribution >= 4 is 5.97 Å². The van der Waals surface area contributed by atoms with Gasteiger partial charge in [0.25, 0.3) is 0 Å². The van der Waals surface area contributed by atoms with Crippen LogP contribution in [0.1, 0.15) is 53.4 Å². The summed E-state index contributed by atoms with van der Waals surface area (Å²) in [5, 5.41) is 0. The van der Waals surface area contributed by atoms with Gasteiger partial charge in [0.05, 0.1) is 12.5 Å². The maximum absolute atomic E-state index is 11.6. The summed E-state index contributed by atoms with van der Waals surface area (Å²) in [5.41, 5.74) is 5.66. The van der Waals surface area contributed by atoms with Crippen LogP contribution in [0.15, 0.2) is 0 Å². The fourth-order valence-electron chi connectivity index (χ4n) is 1.44. The monoisotopic (exact) mass is 229 g/mol. The van der Waals surface area contributed by atoms with Gasteiger partial charge in [0.2, 0.25) is 0 Å². The van der Waals surface area contributed by atoms with Crippen LogP contribution in [0.5, 0.6) is 0 Å². The van der Waals surface area contributed by atoms with Crippen molar-refractivity contribution in [2.24, 2.45) is 17.6 Å². The first-order valence-corrected chi connectivity index (χ1v) is 6.45.